The van der Waals surface area contributed by atoms with E-state index in [1.165, 1.54) is 0 Å². The molecule has 0 aromatic heterocycles. The van der Waals surface area contributed by atoms with Crippen molar-refractivity contribution in [3.8, 4) is 0 Å². The van der Waals surface area contributed by atoms with E-state index in [1.807, 2.05) is 33.8 Å². The van der Waals surface area contributed by atoms with Gasteiger partial charge in [-0.1, -0.05) is 18.2 Å². The third kappa shape index (κ3) is 2.83. The Morgan fingerprint density at radius 2 is 1.62 bits per heavy atom. The van der Waals surface area contributed by atoms with Crippen molar-refractivity contribution in [1.82, 2.24) is 0 Å². The van der Waals surface area contributed by atoms with Gasteiger partial charge in [0, 0.05) is 37.5 Å². The molecule has 2 saturated heterocycles. The fourth-order valence-corrected chi connectivity index (χ4v) is 6.20. The number of ether oxygens (including phenoxy) is 4. The van der Waals surface area contributed by atoms with E-state index >= 15 is 0 Å². The summed E-state index contributed by atoms with van der Waals surface area (Å²) in [6, 6.07) is 0. The molecule has 10 atom stereocenters. The zero-order valence-corrected chi connectivity index (χ0v) is 19.3. The van der Waals surface area contributed by atoms with Crippen LogP contribution < -0.4 is 0 Å². The number of carbonyl (C=O) groups excluding carboxylic acids is 2. The van der Waals surface area contributed by atoms with E-state index in [-0.39, 0.29) is 11.6 Å². The van der Waals surface area contributed by atoms with Gasteiger partial charge in [-0.25, -0.2) is 0 Å². The van der Waals surface area contributed by atoms with Gasteiger partial charge in [0.05, 0.1) is 28.8 Å². The van der Waals surface area contributed by atoms with Crippen molar-refractivity contribution in [3.63, 3.8) is 0 Å². The zero-order valence-electron chi connectivity index (χ0n) is 19.3. The Labute approximate surface area is 187 Å². The van der Waals surface area contributed by atoms with E-state index in [4.69, 9.17) is 18.9 Å². The van der Waals surface area contributed by atoms with E-state index in [0.29, 0.717) is 5.57 Å². The predicted octanol–water partition coefficient (Wildman–Crippen LogP) is 0.590. The number of aliphatic hydroxyl groups excluding tert-OH is 2. The first-order chi connectivity index (χ1) is 14.9. The Hall–Kier alpha value is -1.42. The molecule has 0 amide bonds. The number of hydrogen-bond acceptors (Lipinski definition) is 8. The summed E-state index contributed by atoms with van der Waals surface area (Å²) in [4.78, 5) is 27.1. The molecule has 0 unspecified atom stereocenters. The molecule has 2 N–H and O–H groups in total. The number of fused-ring (bicyclic) bond motifs is 5. The fraction of sp³-hybridized carbons (Fsp3) is 0.750. The van der Waals surface area contributed by atoms with Crippen LogP contribution in [0.1, 0.15) is 27.7 Å². The highest BCUT2D eigenvalue weighted by Crippen LogP contribution is 2.63. The van der Waals surface area contributed by atoms with Crippen LogP contribution in [0.5, 0.6) is 0 Å². The fourth-order valence-electron chi connectivity index (χ4n) is 6.20. The Bertz CT molecular complexity index is 919. The smallest absolute Gasteiger partial charge is 0.190 e. The number of hydrogen-bond donors (Lipinski definition) is 2. The molecule has 0 spiro atoms. The monoisotopic (exact) mass is 448 g/mol. The Balaban J connectivity index is 1.76. The lowest BCUT2D eigenvalue weighted by molar-refractivity contribution is -0.160. The summed E-state index contributed by atoms with van der Waals surface area (Å²) in [6.07, 6.45) is 0.767. The van der Waals surface area contributed by atoms with Crippen molar-refractivity contribution in [1.29, 1.82) is 0 Å². The summed E-state index contributed by atoms with van der Waals surface area (Å²) in [6.45, 7) is 7.47. The molecule has 5 rings (SSSR count). The second-order valence-electron chi connectivity index (χ2n) is 10.8. The Morgan fingerprint density at radius 3 is 2.25 bits per heavy atom. The molecule has 2 saturated carbocycles. The predicted molar refractivity (Wildman–Crippen MR) is 112 cm³/mol. The maximum absolute atomic E-state index is 14.0. The molecule has 0 aromatic carbocycles. The minimum Gasteiger partial charge on any atom is -0.390 e. The molecule has 0 aromatic rings. The van der Waals surface area contributed by atoms with Gasteiger partial charge in [-0.05, 0) is 27.7 Å². The first-order valence-corrected chi connectivity index (χ1v) is 11.2. The molecule has 0 bridgehead atoms. The molecule has 3 aliphatic carbocycles. The quantitative estimate of drug-likeness (QED) is 0.464. The number of ketones is 2. The maximum Gasteiger partial charge on any atom is 0.190 e. The van der Waals surface area contributed by atoms with Gasteiger partial charge in [-0.3, -0.25) is 9.59 Å². The highest BCUT2D eigenvalue weighted by Gasteiger charge is 2.75. The molecule has 5 aliphatic rings. The normalized spacial score (nSPS) is 47.4. The Morgan fingerprint density at radius 1 is 1.00 bits per heavy atom. The molecule has 2 aliphatic heterocycles. The number of Topliss-reactive ketones (excluding diaryl/α,β-unsaturated/α-hetero) is 2. The minimum atomic E-state index is -1.26. The number of epoxide rings is 2. The third-order valence-corrected chi connectivity index (χ3v) is 8.41. The van der Waals surface area contributed by atoms with Crippen LogP contribution >= 0.6 is 0 Å². The number of methoxy groups -OCH3 is 2. The van der Waals surface area contributed by atoms with Crippen molar-refractivity contribution in [3.05, 3.63) is 23.8 Å². The van der Waals surface area contributed by atoms with Crippen molar-refractivity contribution in [2.45, 2.75) is 75.5 Å². The lowest BCUT2D eigenvalue weighted by Gasteiger charge is -2.57. The van der Waals surface area contributed by atoms with Gasteiger partial charge in [0.15, 0.2) is 11.6 Å². The minimum absolute atomic E-state index is 0.162. The van der Waals surface area contributed by atoms with Crippen molar-refractivity contribution in [2.24, 2.45) is 23.2 Å². The van der Waals surface area contributed by atoms with Gasteiger partial charge < -0.3 is 29.2 Å². The number of rotatable bonds is 5. The topological polar surface area (TPSA) is 118 Å². The largest absolute Gasteiger partial charge is 0.390 e. The van der Waals surface area contributed by atoms with Crippen molar-refractivity contribution in [2.75, 3.05) is 14.2 Å². The highest BCUT2D eigenvalue weighted by atomic mass is 16.6. The number of carbonyl (C=O) groups is 2. The van der Waals surface area contributed by atoms with Gasteiger partial charge >= 0.3 is 0 Å². The SMILES string of the molecule is COC(C)(C)/C=C/[C@]12C(=O)[C@H]3O[C@H]3[C@H](O)[C@H]1[C@H]1C(=C[C@@H]2C(C)(C)OC)C(=O)[C@H]2O[C@H]2[C@@H]1O. The first-order valence-electron chi connectivity index (χ1n) is 11.2. The summed E-state index contributed by atoms with van der Waals surface area (Å²) in [5.41, 5.74) is -2.38. The van der Waals surface area contributed by atoms with E-state index in [2.05, 4.69) is 0 Å². The van der Waals surface area contributed by atoms with Gasteiger partial charge in [0.2, 0.25) is 0 Å². The summed E-state index contributed by atoms with van der Waals surface area (Å²) in [7, 11) is 3.15. The van der Waals surface area contributed by atoms with Crippen LogP contribution in [0.3, 0.4) is 0 Å². The number of allylic oxidation sites excluding steroid dienone is 1. The Kier molecular flexibility index (Phi) is 4.76. The van der Waals surface area contributed by atoms with Crippen LogP contribution in [0.25, 0.3) is 0 Å². The van der Waals surface area contributed by atoms with Crippen LogP contribution in [-0.2, 0) is 28.5 Å². The lowest BCUT2D eigenvalue weighted by Crippen LogP contribution is -2.66. The van der Waals surface area contributed by atoms with Crippen LogP contribution in [0.15, 0.2) is 23.8 Å². The molecular weight excluding hydrogens is 416 g/mol. The summed E-state index contributed by atoms with van der Waals surface area (Å²) < 4.78 is 22.5. The van der Waals surface area contributed by atoms with Gasteiger partial charge in [-0.15, -0.1) is 0 Å². The van der Waals surface area contributed by atoms with Crippen LogP contribution in [0.2, 0.25) is 0 Å². The standard InChI is InChI=1S/C24H32O8/c1-22(2,29-5)7-8-24-11(23(3,4)30-6)9-10-12(15(26)18-17(31-18)14(10)25)13(24)16(27)19-20(32-19)21(24)28/h7-9,11-13,15-20,26-27H,1-6H3/b8-7+/t11-,12-,13-,15-,16-,17-,18+,19+,20+,24-/m1/s1. The van der Waals surface area contributed by atoms with Crippen LogP contribution in [-0.4, -0.2) is 83.8 Å². The van der Waals surface area contributed by atoms with Crippen LogP contribution in [0, 0.1) is 23.2 Å². The van der Waals surface area contributed by atoms with Crippen LogP contribution in [0.4, 0.5) is 0 Å². The van der Waals surface area contributed by atoms with Gasteiger partial charge in [0.25, 0.3) is 0 Å². The van der Waals surface area contributed by atoms with E-state index < -0.39 is 71.0 Å². The average molecular weight is 449 g/mol. The van der Waals surface area contributed by atoms with E-state index in [0.717, 1.165) is 0 Å². The average Bonchev–Trinajstić information content (AvgIpc) is 3.66. The number of aliphatic hydroxyl groups is 2. The van der Waals surface area contributed by atoms with Gasteiger partial charge in [-0.2, -0.15) is 0 Å². The third-order valence-electron chi connectivity index (χ3n) is 8.41. The summed E-state index contributed by atoms with van der Waals surface area (Å²) >= 11 is 0. The highest BCUT2D eigenvalue weighted by molar-refractivity contribution is 6.04. The summed E-state index contributed by atoms with van der Waals surface area (Å²) in [5.74, 6) is -2.44. The maximum atomic E-state index is 14.0. The van der Waals surface area contributed by atoms with E-state index in [9.17, 15) is 19.8 Å². The second-order valence-corrected chi connectivity index (χ2v) is 10.8. The first kappa shape index (κ1) is 22.4. The van der Waals surface area contributed by atoms with Crippen molar-refractivity contribution < 1.29 is 38.7 Å². The van der Waals surface area contributed by atoms with E-state index in [1.54, 1.807) is 26.4 Å². The second kappa shape index (κ2) is 6.81. The molecule has 32 heavy (non-hydrogen) atoms. The molecular formula is C24H32O8. The molecule has 4 fully saturated rings. The zero-order chi connectivity index (χ0) is 23.4. The molecule has 0 radical (unpaired) electrons. The molecule has 176 valence electrons. The molecule has 2 heterocycles. The lowest BCUT2D eigenvalue weighted by atomic mass is 9.46. The van der Waals surface area contributed by atoms with Crippen molar-refractivity contribution >= 4 is 11.6 Å². The molecule has 8 heteroatoms. The van der Waals surface area contributed by atoms with Gasteiger partial charge in [0.1, 0.15) is 24.4 Å². The summed E-state index contributed by atoms with van der Waals surface area (Å²) in [5, 5.41) is 22.6. The molecule has 8 nitrogen and oxygen atoms in total.